The molecule has 148 valence electrons. The summed E-state index contributed by atoms with van der Waals surface area (Å²) < 4.78 is 0. The zero-order valence-electron chi connectivity index (χ0n) is 17.9. The van der Waals surface area contributed by atoms with E-state index in [1.165, 1.54) is 70.6 Å². The lowest BCUT2D eigenvalue weighted by Gasteiger charge is -2.64. The van der Waals surface area contributed by atoms with Crippen molar-refractivity contribution >= 4 is 5.78 Å². The van der Waals surface area contributed by atoms with Crippen molar-refractivity contribution in [2.75, 3.05) is 0 Å². The minimum absolute atomic E-state index is 0.0122. The van der Waals surface area contributed by atoms with Crippen molar-refractivity contribution in [2.45, 2.75) is 111 Å². The van der Waals surface area contributed by atoms with Gasteiger partial charge in [-0.3, -0.25) is 4.79 Å². The minimum atomic E-state index is 0.0122. The molecule has 0 bridgehead atoms. The van der Waals surface area contributed by atoms with Gasteiger partial charge in [-0.15, -0.1) is 0 Å². The van der Waals surface area contributed by atoms with E-state index in [0.717, 1.165) is 30.6 Å². The van der Waals surface area contributed by atoms with E-state index in [1.54, 1.807) is 0 Å². The maximum atomic E-state index is 13.0. The molecule has 4 aliphatic rings. The number of hydrogen-bond acceptors (Lipinski definition) is 1. The molecule has 0 radical (unpaired) electrons. The Kier molecular flexibility index (Phi) is 4.84. The van der Waals surface area contributed by atoms with Crippen molar-refractivity contribution in [3.8, 4) is 0 Å². The van der Waals surface area contributed by atoms with Gasteiger partial charge in [0.05, 0.1) is 0 Å². The van der Waals surface area contributed by atoms with E-state index in [4.69, 9.17) is 0 Å². The number of carbonyl (C=O) groups is 1. The Morgan fingerprint density at radius 3 is 2.50 bits per heavy atom. The number of hydrogen-bond donors (Lipinski definition) is 0. The average molecular weight is 359 g/mol. The number of carbonyl (C=O) groups excluding carboxylic acids is 1. The van der Waals surface area contributed by atoms with E-state index in [-0.39, 0.29) is 5.41 Å². The lowest BCUT2D eigenvalue weighted by Crippen LogP contribution is -2.57. The van der Waals surface area contributed by atoms with Gasteiger partial charge in [-0.05, 0) is 92.3 Å². The van der Waals surface area contributed by atoms with Crippen LogP contribution in [0.25, 0.3) is 0 Å². The van der Waals surface area contributed by atoms with Crippen LogP contribution in [0.4, 0.5) is 0 Å². The Hall–Kier alpha value is -0.330. The highest BCUT2D eigenvalue weighted by Crippen LogP contribution is 2.69. The molecule has 4 fully saturated rings. The summed E-state index contributed by atoms with van der Waals surface area (Å²) in [6.45, 7) is 10.1. The maximum absolute atomic E-state index is 13.0. The van der Waals surface area contributed by atoms with Crippen LogP contribution in [0.2, 0.25) is 0 Å². The lowest BCUT2D eigenvalue weighted by molar-refractivity contribution is -0.161. The molecule has 0 heterocycles. The van der Waals surface area contributed by atoms with Crippen molar-refractivity contribution in [3.63, 3.8) is 0 Å². The van der Waals surface area contributed by atoms with Crippen molar-refractivity contribution in [1.82, 2.24) is 0 Å². The smallest absolute Gasteiger partial charge is 0.139 e. The fraction of sp³-hybridized carbons (Fsp3) is 0.960. The molecular weight excluding hydrogens is 316 g/mol. The van der Waals surface area contributed by atoms with E-state index < -0.39 is 0 Å². The average Bonchev–Trinajstić information content (AvgIpc) is 2.85. The number of fused-ring (bicyclic) bond motifs is 5. The first-order valence-electron chi connectivity index (χ1n) is 11.9. The summed E-state index contributed by atoms with van der Waals surface area (Å²) in [4.78, 5) is 13.0. The third kappa shape index (κ3) is 2.58. The standard InChI is InChI=1S/C25H42O/c1-5-25-16-12-19-20-10-6-7-11-22(26)23(20,3)15-13-21(19)24(25,4)14-8-9-18(2)17-25/h18-21H,5-17H2,1-4H3/t18-,19?,20?,21?,23-,24?,25?/m0/s1. The molecule has 7 atom stereocenters. The van der Waals surface area contributed by atoms with Gasteiger partial charge < -0.3 is 0 Å². The van der Waals surface area contributed by atoms with Crippen LogP contribution >= 0.6 is 0 Å². The molecule has 4 saturated carbocycles. The van der Waals surface area contributed by atoms with Crippen LogP contribution in [0.1, 0.15) is 111 Å². The highest BCUT2D eigenvalue weighted by molar-refractivity contribution is 5.85. The molecule has 0 aromatic heterocycles. The van der Waals surface area contributed by atoms with Crippen molar-refractivity contribution in [2.24, 2.45) is 39.9 Å². The van der Waals surface area contributed by atoms with Crippen LogP contribution in [-0.4, -0.2) is 5.78 Å². The van der Waals surface area contributed by atoms with E-state index >= 15 is 0 Å². The monoisotopic (exact) mass is 358 g/mol. The normalized spacial score (nSPS) is 52.2. The second-order valence-corrected chi connectivity index (χ2v) is 11.3. The van der Waals surface area contributed by atoms with Gasteiger partial charge in [-0.25, -0.2) is 0 Å². The Labute approximate surface area is 162 Å². The van der Waals surface area contributed by atoms with Crippen molar-refractivity contribution < 1.29 is 4.79 Å². The van der Waals surface area contributed by atoms with Gasteiger partial charge >= 0.3 is 0 Å². The van der Waals surface area contributed by atoms with Crippen molar-refractivity contribution in [3.05, 3.63) is 0 Å². The molecule has 0 spiro atoms. The number of Topliss-reactive ketones (excluding diaryl/α,β-unsaturated/α-hetero) is 1. The maximum Gasteiger partial charge on any atom is 0.139 e. The van der Waals surface area contributed by atoms with Gasteiger partial charge in [0, 0.05) is 11.8 Å². The molecule has 0 saturated heterocycles. The Morgan fingerprint density at radius 1 is 0.923 bits per heavy atom. The summed E-state index contributed by atoms with van der Waals surface area (Å²) in [5, 5.41) is 0. The zero-order chi connectivity index (χ0) is 18.6. The molecule has 0 aliphatic heterocycles. The first kappa shape index (κ1) is 19.0. The number of ketones is 1. The molecule has 4 rings (SSSR count). The topological polar surface area (TPSA) is 17.1 Å². The second kappa shape index (κ2) is 6.63. The first-order valence-corrected chi connectivity index (χ1v) is 11.9. The van der Waals surface area contributed by atoms with E-state index in [2.05, 4.69) is 27.7 Å². The summed E-state index contributed by atoms with van der Waals surface area (Å²) >= 11 is 0. The van der Waals surface area contributed by atoms with E-state index in [0.29, 0.717) is 22.5 Å². The van der Waals surface area contributed by atoms with E-state index in [9.17, 15) is 4.79 Å². The molecule has 26 heavy (non-hydrogen) atoms. The molecule has 0 N–H and O–H groups in total. The quantitative estimate of drug-likeness (QED) is 0.485. The molecule has 0 aromatic carbocycles. The zero-order valence-corrected chi connectivity index (χ0v) is 17.9. The summed E-state index contributed by atoms with van der Waals surface area (Å²) in [5.74, 6) is 3.91. The largest absolute Gasteiger partial charge is 0.299 e. The molecule has 5 unspecified atom stereocenters. The van der Waals surface area contributed by atoms with Crippen LogP contribution < -0.4 is 0 Å². The van der Waals surface area contributed by atoms with Crippen molar-refractivity contribution in [1.29, 1.82) is 0 Å². The summed E-state index contributed by atoms with van der Waals surface area (Å²) in [5.41, 5.74) is 1.11. The lowest BCUT2D eigenvalue weighted by atomic mass is 9.40. The molecular formula is C25H42O. The predicted molar refractivity (Wildman–Crippen MR) is 109 cm³/mol. The highest BCUT2D eigenvalue weighted by Gasteiger charge is 2.62. The fourth-order valence-corrected chi connectivity index (χ4v) is 8.83. The second-order valence-electron chi connectivity index (χ2n) is 11.3. The molecule has 0 amide bonds. The van der Waals surface area contributed by atoms with Crippen LogP contribution in [0.3, 0.4) is 0 Å². The van der Waals surface area contributed by atoms with Gasteiger partial charge in [0.1, 0.15) is 5.78 Å². The van der Waals surface area contributed by atoms with Crippen LogP contribution in [0.15, 0.2) is 0 Å². The Morgan fingerprint density at radius 2 is 1.73 bits per heavy atom. The predicted octanol–water partition coefficient (Wildman–Crippen LogP) is 7.18. The Balaban J connectivity index is 1.71. The SMILES string of the molecule is CCC12CCC3C(CC[C@]4(C)C(=O)CCCCC34)C1(C)CCC[C@H](C)C2. The summed E-state index contributed by atoms with van der Waals surface area (Å²) in [6.07, 6.45) is 17.1. The first-order chi connectivity index (χ1) is 12.4. The number of rotatable bonds is 1. The third-order valence-corrected chi connectivity index (χ3v) is 10.4. The van der Waals surface area contributed by atoms with Gasteiger partial charge in [-0.1, -0.05) is 47.0 Å². The summed E-state index contributed by atoms with van der Waals surface area (Å²) in [7, 11) is 0. The molecule has 0 aromatic rings. The molecule has 1 heteroatoms. The molecule has 4 aliphatic carbocycles. The highest BCUT2D eigenvalue weighted by atomic mass is 16.1. The van der Waals surface area contributed by atoms with E-state index in [1.807, 2.05) is 0 Å². The van der Waals surface area contributed by atoms with Gasteiger partial charge in [-0.2, -0.15) is 0 Å². The molecule has 1 nitrogen and oxygen atoms in total. The van der Waals surface area contributed by atoms with Crippen LogP contribution in [0.5, 0.6) is 0 Å². The van der Waals surface area contributed by atoms with Gasteiger partial charge in [0.15, 0.2) is 0 Å². The van der Waals surface area contributed by atoms with Gasteiger partial charge in [0.2, 0.25) is 0 Å². The fourth-order valence-electron chi connectivity index (χ4n) is 8.83. The van der Waals surface area contributed by atoms with Gasteiger partial charge in [0.25, 0.3) is 0 Å². The third-order valence-electron chi connectivity index (χ3n) is 10.4. The van der Waals surface area contributed by atoms with Crippen LogP contribution in [-0.2, 0) is 4.79 Å². The minimum Gasteiger partial charge on any atom is -0.299 e. The summed E-state index contributed by atoms with van der Waals surface area (Å²) in [6, 6.07) is 0. The Bertz CT molecular complexity index is 552. The van der Waals surface area contributed by atoms with Crippen LogP contribution in [0, 0.1) is 39.9 Å².